The summed E-state index contributed by atoms with van der Waals surface area (Å²) in [6.45, 7) is 8.84. The van der Waals surface area contributed by atoms with E-state index in [2.05, 4.69) is 46.4 Å². The number of carbonyl (C=O) groups is 1. The minimum Gasteiger partial charge on any atom is -0.372 e. The summed E-state index contributed by atoms with van der Waals surface area (Å²) in [5.74, 6) is 0.898. The summed E-state index contributed by atoms with van der Waals surface area (Å²) in [4.78, 5) is 21.2. The average molecular weight is 423 g/mol. The second-order valence-corrected chi connectivity index (χ2v) is 8.35. The van der Waals surface area contributed by atoms with E-state index in [1.807, 2.05) is 50.1 Å². The van der Waals surface area contributed by atoms with Crippen LogP contribution >= 0.6 is 0 Å². The number of morpholine rings is 1. The van der Waals surface area contributed by atoms with Gasteiger partial charge in [-0.05, 0) is 49.6 Å². The van der Waals surface area contributed by atoms with Gasteiger partial charge in [0.05, 0.1) is 12.2 Å². The Bertz CT molecular complexity index is 900. The number of guanidine groups is 1. The van der Waals surface area contributed by atoms with E-state index in [1.54, 1.807) is 7.05 Å². The van der Waals surface area contributed by atoms with Crippen molar-refractivity contribution in [3.63, 3.8) is 0 Å². The smallest absolute Gasteiger partial charge is 0.254 e. The molecule has 0 aromatic heterocycles. The molecule has 2 aromatic rings. The molecule has 2 aromatic carbocycles. The van der Waals surface area contributed by atoms with Gasteiger partial charge in [-0.1, -0.05) is 36.4 Å². The van der Waals surface area contributed by atoms with Crippen LogP contribution in [-0.4, -0.2) is 61.1 Å². The number of nitrogens with one attached hydrogen (secondary N) is 1. The van der Waals surface area contributed by atoms with Crippen LogP contribution in [0.25, 0.3) is 0 Å². The molecule has 0 aliphatic carbocycles. The van der Waals surface area contributed by atoms with E-state index in [9.17, 15) is 4.79 Å². The van der Waals surface area contributed by atoms with Crippen molar-refractivity contribution in [3.05, 3.63) is 70.8 Å². The monoisotopic (exact) mass is 422 g/mol. The van der Waals surface area contributed by atoms with Crippen LogP contribution in [0.1, 0.15) is 40.9 Å². The molecule has 1 fully saturated rings. The van der Waals surface area contributed by atoms with E-state index in [4.69, 9.17) is 4.74 Å². The second kappa shape index (κ2) is 10.4. The van der Waals surface area contributed by atoms with Crippen LogP contribution in [0.5, 0.6) is 0 Å². The number of benzene rings is 2. The molecule has 2 atom stereocenters. The summed E-state index contributed by atoms with van der Waals surface area (Å²) in [5, 5.41) is 3.41. The van der Waals surface area contributed by atoms with E-state index in [-0.39, 0.29) is 18.1 Å². The zero-order valence-corrected chi connectivity index (χ0v) is 19.3. The molecule has 2 unspecified atom stereocenters. The van der Waals surface area contributed by atoms with Crippen molar-refractivity contribution in [2.24, 2.45) is 4.99 Å². The highest BCUT2D eigenvalue weighted by Gasteiger charge is 2.26. The lowest BCUT2D eigenvalue weighted by Crippen LogP contribution is -2.48. The van der Waals surface area contributed by atoms with Crippen LogP contribution in [0, 0.1) is 6.92 Å². The largest absolute Gasteiger partial charge is 0.372 e. The third-order valence-corrected chi connectivity index (χ3v) is 5.60. The van der Waals surface area contributed by atoms with Crippen LogP contribution in [0.15, 0.2) is 53.5 Å². The summed E-state index contributed by atoms with van der Waals surface area (Å²) >= 11 is 0. The molecule has 1 heterocycles. The van der Waals surface area contributed by atoms with Crippen molar-refractivity contribution < 1.29 is 9.53 Å². The average Bonchev–Trinajstić information content (AvgIpc) is 2.75. The molecule has 6 heteroatoms. The van der Waals surface area contributed by atoms with Crippen molar-refractivity contribution in [1.82, 2.24) is 15.1 Å². The highest BCUT2D eigenvalue weighted by molar-refractivity contribution is 5.94. The Labute approximate surface area is 185 Å². The van der Waals surface area contributed by atoms with Gasteiger partial charge in [0.15, 0.2) is 5.96 Å². The highest BCUT2D eigenvalue weighted by atomic mass is 16.5. The zero-order chi connectivity index (χ0) is 22.4. The number of nitrogens with zero attached hydrogens (tertiary/aromatic N) is 3. The minimum absolute atomic E-state index is 0.0651. The molecule has 166 valence electrons. The molecule has 1 aliphatic rings. The molecule has 3 rings (SSSR count). The third-order valence-electron chi connectivity index (χ3n) is 5.60. The number of carbonyl (C=O) groups excluding carboxylic acids is 1. The fraction of sp³-hybridized carbons (Fsp3) is 0.440. The number of hydrogen-bond acceptors (Lipinski definition) is 3. The van der Waals surface area contributed by atoms with Gasteiger partial charge in [0.25, 0.3) is 5.91 Å². The number of amides is 1. The van der Waals surface area contributed by atoms with E-state index < -0.39 is 0 Å². The normalized spacial score (nSPS) is 19.3. The van der Waals surface area contributed by atoms with Gasteiger partial charge in [-0.2, -0.15) is 0 Å². The number of ether oxygens (including phenoxy) is 1. The van der Waals surface area contributed by atoms with Gasteiger partial charge in [-0.15, -0.1) is 0 Å². The Morgan fingerprint density at radius 3 is 2.39 bits per heavy atom. The Morgan fingerprint density at radius 1 is 1.13 bits per heavy atom. The standard InChI is InChI=1S/C25H34N4O2/c1-18-8-6-7-9-23(18)17-28(5)25(26-4)27-14-21-10-12-22(13-11-21)24(30)29-15-19(2)31-20(3)16-29/h6-13,19-20H,14-17H2,1-5H3,(H,26,27). The predicted molar refractivity (Wildman–Crippen MR) is 125 cm³/mol. The molecule has 0 radical (unpaired) electrons. The molecular weight excluding hydrogens is 388 g/mol. The maximum Gasteiger partial charge on any atom is 0.254 e. The fourth-order valence-corrected chi connectivity index (χ4v) is 3.98. The topological polar surface area (TPSA) is 57.2 Å². The lowest BCUT2D eigenvalue weighted by molar-refractivity contribution is -0.0586. The van der Waals surface area contributed by atoms with Crippen LogP contribution in [0.3, 0.4) is 0 Å². The molecule has 31 heavy (non-hydrogen) atoms. The van der Waals surface area contributed by atoms with Gasteiger partial charge in [0.2, 0.25) is 0 Å². The zero-order valence-electron chi connectivity index (χ0n) is 19.3. The number of hydrogen-bond donors (Lipinski definition) is 1. The second-order valence-electron chi connectivity index (χ2n) is 8.35. The SMILES string of the molecule is CN=C(NCc1ccc(C(=O)N2CC(C)OC(C)C2)cc1)N(C)Cc1ccccc1C. The summed E-state index contributed by atoms with van der Waals surface area (Å²) in [7, 11) is 3.83. The number of aryl methyl sites for hydroxylation is 1. The maximum absolute atomic E-state index is 12.8. The van der Waals surface area contributed by atoms with Crippen LogP contribution < -0.4 is 5.32 Å². The summed E-state index contributed by atoms with van der Waals surface area (Å²) < 4.78 is 5.73. The van der Waals surface area contributed by atoms with Gasteiger partial charge >= 0.3 is 0 Å². The van der Waals surface area contributed by atoms with Gasteiger partial charge in [0, 0.05) is 45.8 Å². The first-order valence-corrected chi connectivity index (χ1v) is 10.9. The van der Waals surface area contributed by atoms with Gasteiger partial charge in [-0.3, -0.25) is 9.79 Å². The lowest BCUT2D eigenvalue weighted by atomic mass is 10.1. The predicted octanol–water partition coefficient (Wildman–Crippen LogP) is 3.45. The molecule has 0 spiro atoms. The van der Waals surface area contributed by atoms with E-state index in [1.165, 1.54) is 11.1 Å². The third kappa shape index (κ3) is 6.07. The first-order chi connectivity index (χ1) is 14.9. The molecule has 0 bridgehead atoms. The maximum atomic E-state index is 12.8. The van der Waals surface area contributed by atoms with Crippen molar-refractivity contribution in [1.29, 1.82) is 0 Å². The van der Waals surface area contributed by atoms with Gasteiger partial charge in [0.1, 0.15) is 0 Å². The van der Waals surface area contributed by atoms with Crippen LogP contribution in [0.4, 0.5) is 0 Å². The summed E-state index contributed by atoms with van der Waals surface area (Å²) in [6, 6.07) is 16.2. The van der Waals surface area contributed by atoms with E-state index in [0.717, 1.165) is 18.1 Å². The molecule has 6 nitrogen and oxygen atoms in total. The van der Waals surface area contributed by atoms with Crippen molar-refractivity contribution >= 4 is 11.9 Å². The lowest BCUT2D eigenvalue weighted by Gasteiger charge is -2.35. The molecule has 0 saturated carbocycles. The highest BCUT2D eigenvalue weighted by Crippen LogP contribution is 2.15. The first kappa shape index (κ1) is 22.8. The summed E-state index contributed by atoms with van der Waals surface area (Å²) in [6.07, 6.45) is 0.138. The quantitative estimate of drug-likeness (QED) is 0.592. The summed E-state index contributed by atoms with van der Waals surface area (Å²) in [5.41, 5.74) is 4.37. The van der Waals surface area contributed by atoms with Crippen molar-refractivity contribution in [2.45, 2.75) is 46.1 Å². The van der Waals surface area contributed by atoms with Crippen LogP contribution in [0.2, 0.25) is 0 Å². The molecule has 1 saturated heterocycles. The van der Waals surface area contributed by atoms with Gasteiger partial charge in [-0.25, -0.2) is 0 Å². The van der Waals surface area contributed by atoms with Gasteiger partial charge < -0.3 is 19.9 Å². The van der Waals surface area contributed by atoms with Crippen molar-refractivity contribution in [2.75, 3.05) is 27.2 Å². The van der Waals surface area contributed by atoms with Crippen LogP contribution in [-0.2, 0) is 17.8 Å². The molecule has 1 aliphatic heterocycles. The molecule has 1 N–H and O–H groups in total. The molecular formula is C25H34N4O2. The fourth-order valence-electron chi connectivity index (χ4n) is 3.98. The molecule has 1 amide bonds. The van der Waals surface area contributed by atoms with Crippen molar-refractivity contribution in [3.8, 4) is 0 Å². The first-order valence-electron chi connectivity index (χ1n) is 10.9. The van der Waals surface area contributed by atoms with E-state index in [0.29, 0.717) is 25.2 Å². The Morgan fingerprint density at radius 2 is 1.77 bits per heavy atom. The minimum atomic E-state index is 0.0651. The Hall–Kier alpha value is -2.86. The Kier molecular flexibility index (Phi) is 7.69. The number of aliphatic imine (C=N–C) groups is 1. The number of rotatable bonds is 5. The Balaban J connectivity index is 1.56. The van der Waals surface area contributed by atoms with E-state index >= 15 is 0 Å².